The van der Waals surface area contributed by atoms with E-state index in [1.54, 1.807) is 6.08 Å². The van der Waals surface area contributed by atoms with Crippen molar-refractivity contribution < 1.29 is 9.90 Å². The molecule has 0 unspecified atom stereocenters. The first-order valence-corrected chi connectivity index (χ1v) is 4.78. The second kappa shape index (κ2) is 4.42. The summed E-state index contributed by atoms with van der Waals surface area (Å²) in [6, 6.07) is 0. The first kappa shape index (κ1) is 10.3. The molecule has 3 nitrogen and oxygen atoms in total. The molecule has 0 bridgehead atoms. The molecule has 1 saturated carbocycles. The molecule has 0 atom stereocenters. The molecule has 3 heteroatoms. The number of aliphatic carboxylic acids is 1. The van der Waals surface area contributed by atoms with Gasteiger partial charge in [0, 0.05) is 5.54 Å². The van der Waals surface area contributed by atoms with Crippen LogP contribution in [0, 0.1) is 0 Å². The molecule has 0 aromatic carbocycles. The summed E-state index contributed by atoms with van der Waals surface area (Å²) in [5.41, 5.74) is 6.03. The summed E-state index contributed by atoms with van der Waals surface area (Å²) >= 11 is 0. The third-order valence-electron chi connectivity index (χ3n) is 2.58. The van der Waals surface area contributed by atoms with Crippen LogP contribution in [0.4, 0.5) is 0 Å². The third kappa shape index (κ3) is 3.59. The molecule has 1 aliphatic rings. The molecule has 1 aliphatic carbocycles. The van der Waals surface area contributed by atoms with Crippen LogP contribution in [-0.4, -0.2) is 16.6 Å². The van der Waals surface area contributed by atoms with E-state index in [9.17, 15) is 4.79 Å². The molecule has 74 valence electrons. The Bertz CT molecular complexity index is 205. The van der Waals surface area contributed by atoms with Crippen molar-refractivity contribution in [3.8, 4) is 0 Å². The van der Waals surface area contributed by atoms with Crippen LogP contribution >= 0.6 is 0 Å². The number of carboxylic acid groups (broad SMARTS) is 1. The van der Waals surface area contributed by atoms with Gasteiger partial charge < -0.3 is 10.8 Å². The van der Waals surface area contributed by atoms with Crippen molar-refractivity contribution in [2.45, 2.75) is 44.1 Å². The van der Waals surface area contributed by atoms with E-state index < -0.39 is 5.97 Å². The lowest BCUT2D eigenvalue weighted by atomic mass is 9.94. The van der Waals surface area contributed by atoms with Gasteiger partial charge in [-0.15, -0.1) is 0 Å². The number of carboxylic acids is 1. The van der Waals surface area contributed by atoms with Crippen molar-refractivity contribution in [2.24, 2.45) is 5.73 Å². The molecular weight excluding hydrogens is 166 g/mol. The van der Waals surface area contributed by atoms with E-state index in [0.717, 1.165) is 19.3 Å². The molecule has 0 amide bonds. The molecule has 1 fully saturated rings. The van der Waals surface area contributed by atoms with E-state index in [-0.39, 0.29) is 12.0 Å². The van der Waals surface area contributed by atoms with Gasteiger partial charge >= 0.3 is 5.97 Å². The van der Waals surface area contributed by atoms with E-state index >= 15 is 0 Å². The van der Waals surface area contributed by atoms with Gasteiger partial charge in [0.1, 0.15) is 0 Å². The summed E-state index contributed by atoms with van der Waals surface area (Å²) in [4.78, 5) is 10.2. The Labute approximate surface area is 78.6 Å². The van der Waals surface area contributed by atoms with Crippen molar-refractivity contribution in [3.63, 3.8) is 0 Å². The zero-order valence-corrected chi connectivity index (χ0v) is 7.83. The summed E-state index contributed by atoms with van der Waals surface area (Å²) in [7, 11) is 0. The van der Waals surface area contributed by atoms with Crippen molar-refractivity contribution in [2.75, 3.05) is 0 Å². The minimum absolute atomic E-state index is 0.0466. The highest BCUT2D eigenvalue weighted by Gasteiger charge is 2.27. The summed E-state index contributed by atoms with van der Waals surface area (Å²) in [5, 5.41) is 8.39. The Hall–Kier alpha value is -0.830. The van der Waals surface area contributed by atoms with Crippen molar-refractivity contribution in [1.82, 2.24) is 0 Å². The van der Waals surface area contributed by atoms with Crippen LogP contribution < -0.4 is 5.73 Å². The summed E-state index contributed by atoms with van der Waals surface area (Å²) in [5.74, 6) is -0.784. The molecule has 0 aromatic rings. The molecule has 3 N–H and O–H groups in total. The van der Waals surface area contributed by atoms with E-state index in [1.165, 1.54) is 12.8 Å². The number of hydrogen-bond acceptors (Lipinski definition) is 2. The largest absolute Gasteiger partial charge is 0.481 e. The average Bonchev–Trinajstić information content (AvgIpc) is 2.47. The lowest BCUT2D eigenvalue weighted by molar-refractivity contribution is -0.136. The minimum atomic E-state index is -0.784. The third-order valence-corrected chi connectivity index (χ3v) is 2.58. The van der Waals surface area contributed by atoms with E-state index in [2.05, 4.69) is 0 Å². The van der Waals surface area contributed by atoms with Crippen LogP contribution in [0.1, 0.15) is 38.5 Å². The predicted molar refractivity (Wildman–Crippen MR) is 51.4 cm³/mol. The van der Waals surface area contributed by atoms with E-state index in [4.69, 9.17) is 10.8 Å². The van der Waals surface area contributed by atoms with Gasteiger partial charge in [-0.2, -0.15) is 0 Å². The molecule has 0 aromatic heterocycles. The van der Waals surface area contributed by atoms with Crippen LogP contribution in [-0.2, 0) is 4.79 Å². The van der Waals surface area contributed by atoms with Crippen molar-refractivity contribution >= 4 is 5.97 Å². The van der Waals surface area contributed by atoms with Gasteiger partial charge in [-0.1, -0.05) is 25.0 Å². The summed E-state index contributed by atoms with van der Waals surface area (Å²) in [6.07, 6.45) is 9.09. The average molecular weight is 183 g/mol. The summed E-state index contributed by atoms with van der Waals surface area (Å²) < 4.78 is 0. The maximum atomic E-state index is 10.2. The number of rotatable bonds is 4. The number of carbonyl (C=O) groups is 1. The van der Waals surface area contributed by atoms with Crippen LogP contribution in [0.5, 0.6) is 0 Å². The van der Waals surface area contributed by atoms with Gasteiger partial charge in [0.25, 0.3) is 0 Å². The molecule has 0 heterocycles. The lowest BCUT2D eigenvalue weighted by Gasteiger charge is -2.20. The van der Waals surface area contributed by atoms with Crippen LogP contribution in [0.2, 0.25) is 0 Å². The van der Waals surface area contributed by atoms with Gasteiger partial charge in [-0.25, -0.2) is 0 Å². The molecule has 0 aliphatic heterocycles. The highest BCUT2D eigenvalue weighted by Crippen LogP contribution is 2.30. The molecule has 13 heavy (non-hydrogen) atoms. The molecule has 0 spiro atoms. The van der Waals surface area contributed by atoms with Crippen LogP contribution in [0.15, 0.2) is 12.2 Å². The molecule has 0 radical (unpaired) electrons. The smallest absolute Gasteiger partial charge is 0.307 e. The topological polar surface area (TPSA) is 63.3 Å². The van der Waals surface area contributed by atoms with Crippen LogP contribution in [0.3, 0.4) is 0 Å². The Balaban J connectivity index is 2.24. The fourth-order valence-electron chi connectivity index (χ4n) is 1.79. The molecule has 1 rings (SSSR count). The fraction of sp³-hybridized carbons (Fsp3) is 0.700. The normalized spacial score (nSPS) is 21.0. The Morgan fingerprint density at radius 1 is 1.38 bits per heavy atom. The van der Waals surface area contributed by atoms with Gasteiger partial charge in [-0.05, 0) is 19.3 Å². The van der Waals surface area contributed by atoms with Gasteiger partial charge in [-0.3, -0.25) is 4.79 Å². The van der Waals surface area contributed by atoms with Gasteiger partial charge in [0.15, 0.2) is 0 Å². The Morgan fingerprint density at radius 2 is 2.00 bits per heavy atom. The van der Waals surface area contributed by atoms with Crippen molar-refractivity contribution in [3.05, 3.63) is 12.2 Å². The van der Waals surface area contributed by atoms with Gasteiger partial charge in [0.2, 0.25) is 0 Å². The highest BCUT2D eigenvalue weighted by atomic mass is 16.4. The predicted octanol–water partition coefficient (Wildman–Crippen LogP) is 1.68. The minimum Gasteiger partial charge on any atom is -0.481 e. The highest BCUT2D eigenvalue weighted by molar-refractivity contribution is 5.68. The number of nitrogens with two attached hydrogens (primary N) is 1. The SMILES string of the molecule is NC1(C/C=C/CC(=O)O)CCCC1. The van der Waals surface area contributed by atoms with E-state index in [0.29, 0.717) is 0 Å². The zero-order valence-electron chi connectivity index (χ0n) is 7.83. The van der Waals surface area contributed by atoms with Crippen LogP contribution in [0.25, 0.3) is 0 Å². The zero-order chi connectivity index (χ0) is 9.73. The molecular formula is C10H17NO2. The first-order chi connectivity index (χ1) is 6.12. The lowest BCUT2D eigenvalue weighted by Crippen LogP contribution is -2.35. The Morgan fingerprint density at radius 3 is 2.54 bits per heavy atom. The first-order valence-electron chi connectivity index (χ1n) is 4.78. The van der Waals surface area contributed by atoms with Crippen molar-refractivity contribution in [1.29, 1.82) is 0 Å². The summed E-state index contributed by atoms with van der Waals surface area (Å²) in [6.45, 7) is 0. The standard InChI is InChI=1S/C10H17NO2/c11-10(7-3-4-8-10)6-2-1-5-9(12)13/h1-2H,3-8,11H2,(H,12,13)/b2-1+. The monoisotopic (exact) mass is 183 g/mol. The Kier molecular flexibility index (Phi) is 3.48. The van der Waals surface area contributed by atoms with E-state index in [1.807, 2.05) is 6.08 Å². The maximum absolute atomic E-state index is 10.2. The maximum Gasteiger partial charge on any atom is 0.307 e. The second-order valence-electron chi connectivity index (χ2n) is 3.84. The fourth-order valence-corrected chi connectivity index (χ4v) is 1.79. The molecule has 0 saturated heterocycles. The van der Waals surface area contributed by atoms with Gasteiger partial charge in [0.05, 0.1) is 6.42 Å². The second-order valence-corrected chi connectivity index (χ2v) is 3.84. The number of hydrogen-bond donors (Lipinski definition) is 2. The quantitative estimate of drug-likeness (QED) is 0.652.